The summed E-state index contributed by atoms with van der Waals surface area (Å²) in [5, 5.41) is 12.2. The predicted molar refractivity (Wildman–Crippen MR) is 50.3 cm³/mol. The topological polar surface area (TPSA) is 85.5 Å². The average molecular weight is 214 g/mol. The standard InChI is InChI=1S/C9H14N2O4/c1-6(14-2)9-10-7(15-11-9)4-3-5-8(12)13/h6H,3-5H2,1-2H3,(H,12,13). The van der Waals surface area contributed by atoms with E-state index in [2.05, 4.69) is 10.1 Å². The van der Waals surface area contributed by atoms with E-state index in [1.165, 1.54) is 0 Å². The van der Waals surface area contributed by atoms with Crippen molar-refractivity contribution in [1.29, 1.82) is 0 Å². The number of carboxylic acid groups (broad SMARTS) is 1. The van der Waals surface area contributed by atoms with Crippen LogP contribution < -0.4 is 0 Å². The number of aryl methyl sites for hydroxylation is 1. The molecule has 0 saturated carbocycles. The average Bonchev–Trinajstić information content (AvgIpc) is 2.65. The molecule has 1 aromatic rings. The highest BCUT2D eigenvalue weighted by Crippen LogP contribution is 2.12. The minimum atomic E-state index is -0.819. The quantitative estimate of drug-likeness (QED) is 0.765. The zero-order chi connectivity index (χ0) is 11.3. The molecule has 1 aromatic heterocycles. The van der Waals surface area contributed by atoms with Crippen molar-refractivity contribution in [2.45, 2.75) is 32.3 Å². The Labute approximate surface area is 87.2 Å². The number of carboxylic acids is 1. The maximum Gasteiger partial charge on any atom is 0.303 e. The van der Waals surface area contributed by atoms with Crippen molar-refractivity contribution < 1.29 is 19.2 Å². The number of carbonyl (C=O) groups is 1. The third kappa shape index (κ3) is 3.67. The number of ether oxygens (including phenoxy) is 1. The molecule has 84 valence electrons. The van der Waals surface area contributed by atoms with Crippen LogP contribution in [0.5, 0.6) is 0 Å². The molecule has 0 bridgehead atoms. The summed E-state index contributed by atoms with van der Waals surface area (Å²) in [5.41, 5.74) is 0. The summed E-state index contributed by atoms with van der Waals surface area (Å²) in [6, 6.07) is 0. The molecule has 0 aliphatic rings. The van der Waals surface area contributed by atoms with Gasteiger partial charge in [0.2, 0.25) is 5.89 Å². The fraction of sp³-hybridized carbons (Fsp3) is 0.667. The number of aromatic nitrogens is 2. The van der Waals surface area contributed by atoms with Gasteiger partial charge >= 0.3 is 5.97 Å². The van der Waals surface area contributed by atoms with E-state index in [1.54, 1.807) is 7.11 Å². The molecule has 1 heterocycles. The molecule has 0 fully saturated rings. The van der Waals surface area contributed by atoms with E-state index in [4.69, 9.17) is 14.4 Å². The zero-order valence-electron chi connectivity index (χ0n) is 8.77. The fourth-order valence-electron chi connectivity index (χ4n) is 1.03. The van der Waals surface area contributed by atoms with Gasteiger partial charge in [-0.05, 0) is 13.3 Å². The Hall–Kier alpha value is -1.43. The van der Waals surface area contributed by atoms with E-state index in [0.717, 1.165) is 0 Å². The molecule has 1 unspecified atom stereocenters. The molecule has 0 amide bonds. The molecule has 0 radical (unpaired) electrons. The number of aliphatic carboxylic acids is 1. The van der Waals surface area contributed by atoms with Gasteiger partial charge in [-0.15, -0.1) is 0 Å². The van der Waals surface area contributed by atoms with E-state index in [9.17, 15) is 4.79 Å². The molecule has 0 aromatic carbocycles. The Balaban J connectivity index is 2.42. The summed E-state index contributed by atoms with van der Waals surface area (Å²) in [6.07, 6.45) is 0.882. The van der Waals surface area contributed by atoms with Crippen LogP contribution in [-0.4, -0.2) is 28.3 Å². The number of hydrogen-bond donors (Lipinski definition) is 1. The maximum atomic E-state index is 10.3. The second-order valence-electron chi connectivity index (χ2n) is 3.17. The molecule has 0 aliphatic heterocycles. The van der Waals surface area contributed by atoms with Crippen molar-refractivity contribution in [2.75, 3.05) is 7.11 Å². The second-order valence-corrected chi connectivity index (χ2v) is 3.17. The Morgan fingerprint density at radius 3 is 3.00 bits per heavy atom. The highest BCUT2D eigenvalue weighted by Gasteiger charge is 2.12. The molecule has 1 atom stereocenters. The molecule has 0 saturated heterocycles. The van der Waals surface area contributed by atoms with Gasteiger partial charge in [0, 0.05) is 20.0 Å². The van der Waals surface area contributed by atoms with Crippen molar-refractivity contribution in [3.05, 3.63) is 11.7 Å². The van der Waals surface area contributed by atoms with E-state index < -0.39 is 5.97 Å². The highest BCUT2D eigenvalue weighted by molar-refractivity contribution is 5.66. The first-order valence-electron chi connectivity index (χ1n) is 4.70. The summed E-state index contributed by atoms with van der Waals surface area (Å²) in [6.45, 7) is 1.81. The molecule has 6 nitrogen and oxygen atoms in total. The van der Waals surface area contributed by atoms with Gasteiger partial charge in [-0.3, -0.25) is 4.79 Å². The normalized spacial score (nSPS) is 12.7. The van der Waals surface area contributed by atoms with Crippen LogP contribution in [0.25, 0.3) is 0 Å². The van der Waals surface area contributed by atoms with E-state index >= 15 is 0 Å². The van der Waals surface area contributed by atoms with Crippen LogP contribution in [0.3, 0.4) is 0 Å². The Kier molecular flexibility index (Phi) is 4.23. The van der Waals surface area contributed by atoms with Crippen LogP contribution in [0.15, 0.2) is 4.52 Å². The molecular formula is C9H14N2O4. The molecule has 0 spiro atoms. The highest BCUT2D eigenvalue weighted by atomic mass is 16.5. The Morgan fingerprint density at radius 1 is 1.67 bits per heavy atom. The van der Waals surface area contributed by atoms with Crippen molar-refractivity contribution in [3.8, 4) is 0 Å². The van der Waals surface area contributed by atoms with Crippen molar-refractivity contribution in [3.63, 3.8) is 0 Å². The Morgan fingerprint density at radius 2 is 2.40 bits per heavy atom. The van der Waals surface area contributed by atoms with Gasteiger partial charge in [-0.2, -0.15) is 4.98 Å². The van der Waals surface area contributed by atoms with Crippen LogP contribution in [0.1, 0.15) is 37.6 Å². The lowest BCUT2D eigenvalue weighted by molar-refractivity contribution is -0.137. The first-order chi connectivity index (χ1) is 7.13. The zero-order valence-corrected chi connectivity index (χ0v) is 8.77. The SMILES string of the molecule is COC(C)c1noc(CCCC(=O)O)n1. The van der Waals surface area contributed by atoms with E-state index in [1.807, 2.05) is 6.92 Å². The first-order valence-corrected chi connectivity index (χ1v) is 4.70. The van der Waals surface area contributed by atoms with Crippen molar-refractivity contribution >= 4 is 5.97 Å². The summed E-state index contributed by atoms with van der Waals surface area (Å²) in [7, 11) is 1.56. The summed E-state index contributed by atoms with van der Waals surface area (Å²) in [4.78, 5) is 14.3. The van der Waals surface area contributed by atoms with Gasteiger partial charge in [0.1, 0.15) is 6.10 Å². The third-order valence-corrected chi connectivity index (χ3v) is 1.98. The van der Waals surface area contributed by atoms with Gasteiger partial charge in [0.15, 0.2) is 5.82 Å². The van der Waals surface area contributed by atoms with Crippen LogP contribution in [0.2, 0.25) is 0 Å². The lowest BCUT2D eigenvalue weighted by Crippen LogP contribution is -1.99. The number of rotatable bonds is 6. The van der Waals surface area contributed by atoms with Gasteiger partial charge in [-0.1, -0.05) is 5.16 Å². The third-order valence-electron chi connectivity index (χ3n) is 1.98. The number of methoxy groups -OCH3 is 1. The van der Waals surface area contributed by atoms with Gasteiger partial charge in [0.25, 0.3) is 0 Å². The summed E-state index contributed by atoms with van der Waals surface area (Å²) >= 11 is 0. The molecular weight excluding hydrogens is 200 g/mol. The minimum absolute atomic E-state index is 0.109. The van der Waals surface area contributed by atoms with Gasteiger partial charge < -0.3 is 14.4 Å². The number of nitrogens with zero attached hydrogens (tertiary/aromatic N) is 2. The Bertz CT molecular complexity index is 324. The van der Waals surface area contributed by atoms with Crippen molar-refractivity contribution in [1.82, 2.24) is 10.1 Å². The van der Waals surface area contributed by atoms with Crippen LogP contribution in [-0.2, 0) is 16.0 Å². The molecule has 1 N–H and O–H groups in total. The minimum Gasteiger partial charge on any atom is -0.481 e. The fourth-order valence-corrected chi connectivity index (χ4v) is 1.03. The predicted octanol–water partition coefficient (Wildman–Crippen LogP) is 1.18. The smallest absolute Gasteiger partial charge is 0.303 e. The van der Waals surface area contributed by atoms with E-state index in [0.29, 0.717) is 24.6 Å². The van der Waals surface area contributed by atoms with Crippen molar-refractivity contribution in [2.24, 2.45) is 0 Å². The molecule has 0 aliphatic carbocycles. The largest absolute Gasteiger partial charge is 0.481 e. The summed E-state index contributed by atoms with van der Waals surface area (Å²) in [5.74, 6) is 0.123. The number of hydrogen-bond acceptors (Lipinski definition) is 5. The molecule has 6 heteroatoms. The van der Waals surface area contributed by atoms with Crippen LogP contribution in [0, 0.1) is 0 Å². The lowest BCUT2D eigenvalue weighted by atomic mass is 10.2. The van der Waals surface area contributed by atoms with Gasteiger partial charge in [0.05, 0.1) is 0 Å². The van der Waals surface area contributed by atoms with Gasteiger partial charge in [-0.25, -0.2) is 0 Å². The molecule has 1 rings (SSSR count). The lowest BCUT2D eigenvalue weighted by Gasteiger charge is -2.00. The van der Waals surface area contributed by atoms with E-state index in [-0.39, 0.29) is 12.5 Å². The molecule has 15 heavy (non-hydrogen) atoms. The maximum absolute atomic E-state index is 10.3. The monoisotopic (exact) mass is 214 g/mol. The second kappa shape index (κ2) is 5.45. The van der Waals surface area contributed by atoms with Crippen LogP contribution in [0.4, 0.5) is 0 Å². The first kappa shape index (κ1) is 11.6. The summed E-state index contributed by atoms with van der Waals surface area (Å²) < 4.78 is 9.95. The van der Waals surface area contributed by atoms with Crippen LogP contribution >= 0.6 is 0 Å².